The number of nitrogens with zero attached hydrogens (tertiary/aromatic N) is 2. The van der Waals surface area contributed by atoms with E-state index >= 15 is 0 Å². The molecule has 2 aliphatic heterocycles. The lowest BCUT2D eigenvalue weighted by Gasteiger charge is -2.39. The highest BCUT2D eigenvalue weighted by atomic mass is 32.1. The maximum atomic E-state index is 12.7. The molecule has 0 radical (unpaired) electrons. The molecule has 1 fully saturated rings. The third kappa shape index (κ3) is 2.64. The SMILES string of the molecule is CC1c2ccsc2CCN1C(=O)N1CCC[C@H](C(=O)O)C1. The van der Waals surface area contributed by atoms with Crippen molar-refractivity contribution in [2.24, 2.45) is 5.92 Å². The fraction of sp³-hybridized carbons (Fsp3) is 0.600. The molecule has 2 aliphatic rings. The molecule has 0 saturated carbocycles. The first-order valence-electron chi connectivity index (χ1n) is 7.42. The number of carbonyl (C=O) groups is 2. The molecule has 1 aromatic heterocycles. The van der Waals surface area contributed by atoms with Crippen molar-refractivity contribution in [1.82, 2.24) is 9.80 Å². The molecule has 3 rings (SSSR count). The second-order valence-corrected chi connectivity index (χ2v) is 6.83. The predicted molar refractivity (Wildman–Crippen MR) is 80.5 cm³/mol. The zero-order valence-corrected chi connectivity index (χ0v) is 12.9. The molecule has 2 amide bonds. The van der Waals surface area contributed by atoms with Gasteiger partial charge in [-0.05, 0) is 43.2 Å². The van der Waals surface area contributed by atoms with Gasteiger partial charge in [-0.1, -0.05) is 0 Å². The van der Waals surface area contributed by atoms with Crippen molar-refractivity contribution in [3.63, 3.8) is 0 Å². The molecule has 5 nitrogen and oxygen atoms in total. The van der Waals surface area contributed by atoms with Gasteiger partial charge in [-0.15, -0.1) is 11.3 Å². The van der Waals surface area contributed by atoms with E-state index in [9.17, 15) is 9.59 Å². The Morgan fingerprint density at radius 2 is 2.19 bits per heavy atom. The number of urea groups is 1. The van der Waals surface area contributed by atoms with Crippen molar-refractivity contribution < 1.29 is 14.7 Å². The summed E-state index contributed by atoms with van der Waals surface area (Å²) in [6.07, 6.45) is 2.34. The Kier molecular flexibility index (Phi) is 3.89. The highest BCUT2D eigenvalue weighted by molar-refractivity contribution is 7.10. The van der Waals surface area contributed by atoms with Crippen molar-refractivity contribution in [3.05, 3.63) is 21.9 Å². The maximum Gasteiger partial charge on any atom is 0.320 e. The number of rotatable bonds is 1. The monoisotopic (exact) mass is 308 g/mol. The van der Waals surface area contributed by atoms with Crippen LogP contribution in [0.4, 0.5) is 4.79 Å². The van der Waals surface area contributed by atoms with Crippen molar-refractivity contribution in [1.29, 1.82) is 0 Å². The molecule has 0 bridgehead atoms. The molecule has 21 heavy (non-hydrogen) atoms. The van der Waals surface area contributed by atoms with Crippen LogP contribution in [-0.4, -0.2) is 46.5 Å². The summed E-state index contributed by atoms with van der Waals surface area (Å²) in [5.74, 6) is -1.21. The number of thiophene rings is 1. The average Bonchev–Trinajstić information content (AvgIpc) is 2.96. The van der Waals surface area contributed by atoms with Gasteiger partial charge in [-0.2, -0.15) is 0 Å². The highest BCUT2D eigenvalue weighted by Crippen LogP contribution is 2.33. The minimum atomic E-state index is -0.792. The number of piperidine rings is 1. The molecule has 1 N–H and O–H groups in total. The first kappa shape index (κ1) is 14.4. The fourth-order valence-corrected chi connectivity index (χ4v) is 4.27. The zero-order valence-electron chi connectivity index (χ0n) is 12.1. The van der Waals surface area contributed by atoms with Gasteiger partial charge in [0, 0.05) is 24.5 Å². The van der Waals surface area contributed by atoms with Crippen LogP contribution in [0.3, 0.4) is 0 Å². The predicted octanol–water partition coefficient (Wildman–Crippen LogP) is 2.58. The summed E-state index contributed by atoms with van der Waals surface area (Å²) in [5, 5.41) is 11.2. The van der Waals surface area contributed by atoms with Gasteiger partial charge in [0.15, 0.2) is 0 Å². The second kappa shape index (κ2) is 5.67. The third-order valence-electron chi connectivity index (χ3n) is 4.56. The van der Waals surface area contributed by atoms with E-state index in [1.165, 1.54) is 10.4 Å². The van der Waals surface area contributed by atoms with Crippen molar-refractivity contribution in [3.8, 4) is 0 Å². The smallest absolute Gasteiger partial charge is 0.320 e. The van der Waals surface area contributed by atoms with E-state index in [-0.39, 0.29) is 12.1 Å². The van der Waals surface area contributed by atoms with Gasteiger partial charge < -0.3 is 14.9 Å². The number of fused-ring (bicyclic) bond motifs is 1. The summed E-state index contributed by atoms with van der Waals surface area (Å²) >= 11 is 1.75. The lowest BCUT2D eigenvalue weighted by molar-refractivity contribution is -0.143. The molecule has 0 aliphatic carbocycles. The zero-order chi connectivity index (χ0) is 15.0. The van der Waals surface area contributed by atoms with Crippen LogP contribution in [0.5, 0.6) is 0 Å². The van der Waals surface area contributed by atoms with Crippen molar-refractivity contribution in [2.45, 2.75) is 32.2 Å². The lowest BCUT2D eigenvalue weighted by atomic mass is 9.98. The van der Waals surface area contributed by atoms with E-state index in [2.05, 4.69) is 18.4 Å². The van der Waals surface area contributed by atoms with Gasteiger partial charge in [-0.25, -0.2) is 4.79 Å². The van der Waals surface area contributed by atoms with Gasteiger partial charge in [0.05, 0.1) is 12.0 Å². The van der Waals surface area contributed by atoms with E-state index in [4.69, 9.17) is 5.11 Å². The Labute approximate surface area is 128 Å². The number of carboxylic acid groups (broad SMARTS) is 1. The summed E-state index contributed by atoms with van der Waals surface area (Å²) < 4.78 is 0. The van der Waals surface area contributed by atoms with Gasteiger partial charge >= 0.3 is 12.0 Å². The topological polar surface area (TPSA) is 60.9 Å². The minimum Gasteiger partial charge on any atom is -0.481 e. The van der Waals surface area contributed by atoms with Crippen LogP contribution < -0.4 is 0 Å². The van der Waals surface area contributed by atoms with Crippen LogP contribution in [0, 0.1) is 5.92 Å². The summed E-state index contributed by atoms with van der Waals surface area (Å²) in [6.45, 7) is 3.79. The summed E-state index contributed by atoms with van der Waals surface area (Å²) in [5.41, 5.74) is 1.24. The molecular weight excluding hydrogens is 288 g/mol. The number of hydrogen-bond acceptors (Lipinski definition) is 3. The van der Waals surface area contributed by atoms with Gasteiger partial charge in [0.1, 0.15) is 0 Å². The highest BCUT2D eigenvalue weighted by Gasteiger charge is 2.34. The summed E-state index contributed by atoms with van der Waals surface area (Å²) in [6, 6.07) is 2.17. The minimum absolute atomic E-state index is 0.00898. The van der Waals surface area contributed by atoms with E-state index in [0.29, 0.717) is 19.5 Å². The molecule has 2 atom stereocenters. The Balaban J connectivity index is 1.72. The quantitative estimate of drug-likeness (QED) is 0.867. The van der Waals surface area contributed by atoms with E-state index in [1.54, 1.807) is 16.2 Å². The molecule has 114 valence electrons. The number of likely N-dealkylation sites (tertiary alicyclic amines) is 1. The Hall–Kier alpha value is -1.56. The number of hydrogen-bond donors (Lipinski definition) is 1. The third-order valence-corrected chi connectivity index (χ3v) is 5.56. The number of carboxylic acids is 1. The molecule has 1 aromatic rings. The summed E-state index contributed by atoms with van der Waals surface area (Å²) in [4.78, 5) is 28.8. The van der Waals surface area contributed by atoms with Gasteiger partial charge in [0.25, 0.3) is 0 Å². The average molecular weight is 308 g/mol. The lowest BCUT2D eigenvalue weighted by Crippen LogP contribution is -2.50. The van der Waals surface area contributed by atoms with E-state index in [0.717, 1.165) is 19.4 Å². The molecule has 1 saturated heterocycles. The van der Waals surface area contributed by atoms with Crippen molar-refractivity contribution in [2.75, 3.05) is 19.6 Å². The first-order valence-corrected chi connectivity index (χ1v) is 8.30. The molecule has 3 heterocycles. The van der Waals surface area contributed by atoms with Crippen LogP contribution in [0.2, 0.25) is 0 Å². The first-order chi connectivity index (χ1) is 10.1. The Bertz CT molecular complexity index is 557. The van der Waals surface area contributed by atoms with Crippen LogP contribution >= 0.6 is 11.3 Å². The van der Waals surface area contributed by atoms with E-state index < -0.39 is 11.9 Å². The standard InChI is InChI=1S/C15H20N2O3S/c1-10-12-5-8-21-13(12)4-7-17(10)15(20)16-6-2-3-11(9-16)14(18)19/h5,8,10-11H,2-4,6-7,9H2,1H3,(H,18,19)/t10?,11-/m0/s1. The Morgan fingerprint density at radius 3 is 2.95 bits per heavy atom. The van der Waals surface area contributed by atoms with Crippen LogP contribution in [0.25, 0.3) is 0 Å². The van der Waals surface area contributed by atoms with Crippen molar-refractivity contribution >= 4 is 23.3 Å². The van der Waals surface area contributed by atoms with Crippen LogP contribution in [-0.2, 0) is 11.2 Å². The van der Waals surface area contributed by atoms with Gasteiger partial charge in [-0.3, -0.25) is 4.79 Å². The summed E-state index contributed by atoms with van der Waals surface area (Å²) in [7, 11) is 0. The van der Waals surface area contributed by atoms with Crippen LogP contribution in [0.15, 0.2) is 11.4 Å². The fourth-order valence-electron chi connectivity index (χ4n) is 3.30. The van der Waals surface area contributed by atoms with E-state index in [1.807, 2.05) is 4.90 Å². The normalized spacial score (nSPS) is 25.6. The molecule has 1 unspecified atom stereocenters. The Morgan fingerprint density at radius 1 is 1.38 bits per heavy atom. The number of aliphatic carboxylic acids is 1. The molecule has 6 heteroatoms. The molecular formula is C15H20N2O3S. The molecule has 0 aromatic carbocycles. The van der Waals surface area contributed by atoms with Crippen LogP contribution in [0.1, 0.15) is 36.2 Å². The number of amides is 2. The maximum absolute atomic E-state index is 12.7. The van der Waals surface area contributed by atoms with Gasteiger partial charge in [0.2, 0.25) is 0 Å². The largest absolute Gasteiger partial charge is 0.481 e. The molecule has 0 spiro atoms. The second-order valence-electron chi connectivity index (χ2n) is 5.82. The number of carbonyl (C=O) groups excluding carboxylic acids is 1.